The Morgan fingerprint density at radius 3 is 2.46 bits per heavy atom. The van der Waals surface area contributed by atoms with Crippen LogP contribution < -0.4 is 15.4 Å². The zero-order valence-corrected chi connectivity index (χ0v) is 17.3. The van der Waals surface area contributed by atoms with Gasteiger partial charge in [0, 0.05) is 5.70 Å². The number of rotatable bonds is 6. The van der Waals surface area contributed by atoms with Gasteiger partial charge in [-0.05, 0) is 67.7 Å². The van der Waals surface area contributed by atoms with Crippen LogP contribution in [0.2, 0.25) is 0 Å². The molecule has 142 valence electrons. The highest BCUT2D eigenvalue weighted by Gasteiger charge is 2.33. The van der Waals surface area contributed by atoms with E-state index in [1.165, 1.54) is 0 Å². The van der Waals surface area contributed by atoms with Crippen LogP contribution in [0.3, 0.4) is 0 Å². The van der Waals surface area contributed by atoms with Gasteiger partial charge in [-0.15, -0.1) is 0 Å². The first kappa shape index (κ1) is 20.3. The molecular formula is C19H25BrN2O4. The van der Waals surface area contributed by atoms with Crippen molar-refractivity contribution >= 4 is 27.9 Å². The van der Waals surface area contributed by atoms with Gasteiger partial charge in [-0.2, -0.15) is 0 Å². The smallest absolute Gasteiger partial charge is 0.338 e. The van der Waals surface area contributed by atoms with Crippen molar-refractivity contribution in [2.24, 2.45) is 0 Å². The lowest BCUT2D eigenvalue weighted by Gasteiger charge is -2.29. The molecule has 0 aromatic heterocycles. The summed E-state index contributed by atoms with van der Waals surface area (Å²) in [6, 6.07) is 4.59. The quantitative estimate of drug-likeness (QED) is 0.670. The van der Waals surface area contributed by atoms with E-state index in [1.807, 2.05) is 39.0 Å². The van der Waals surface area contributed by atoms with E-state index in [1.54, 1.807) is 13.8 Å². The van der Waals surface area contributed by atoms with Gasteiger partial charge in [0.25, 0.3) is 0 Å². The normalized spacial score (nSPS) is 17.2. The summed E-state index contributed by atoms with van der Waals surface area (Å²) in [4.78, 5) is 24.7. The topological polar surface area (TPSA) is 76.7 Å². The maximum atomic E-state index is 12.7. The van der Waals surface area contributed by atoms with Gasteiger partial charge in [-0.3, -0.25) is 0 Å². The highest BCUT2D eigenvalue weighted by atomic mass is 79.9. The van der Waals surface area contributed by atoms with Crippen LogP contribution in [0.25, 0.3) is 0 Å². The lowest BCUT2D eigenvalue weighted by atomic mass is 9.94. The van der Waals surface area contributed by atoms with Crippen LogP contribution in [0.5, 0.6) is 5.75 Å². The molecule has 0 saturated heterocycles. The number of hydrogen-bond acceptors (Lipinski definition) is 4. The summed E-state index contributed by atoms with van der Waals surface area (Å²) < 4.78 is 11.9. The molecule has 2 amide bonds. The Morgan fingerprint density at radius 1 is 1.23 bits per heavy atom. The zero-order chi connectivity index (χ0) is 19.4. The van der Waals surface area contributed by atoms with Gasteiger partial charge >= 0.3 is 12.0 Å². The number of halogens is 1. The van der Waals surface area contributed by atoms with Gasteiger partial charge in [-0.25, -0.2) is 9.59 Å². The van der Waals surface area contributed by atoms with E-state index in [2.05, 4.69) is 26.6 Å². The number of amides is 2. The third kappa shape index (κ3) is 4.78. The summed E-state index contributed by atoms with van der Waals surface area (Å²) in [6.45, 7) is 9.37. The Kier molecular flexibility index (Phi) is 6.69. The van der Waals surface area contributed by atoms with E-state index in [4.69, 9.17) is 9.47 Å². The fourth-order valence-corrected chi connectivity index (χ4v) is 3.20. The third-order valence-electron chi connectivity index (χ3n) is 3.72. The predicted molar refractivity (Wildman–Crippen MR) is 103 cm³/mol. The summed E-state index contributed by atoms with van der Waals surface area (Å²) in [7, 11) is 0. The van der Waals surface area contributed by atoms with Gasteiger partial charge in [0.15, 0.2) is 0 Å². The lowest BCUT2D eigenvalue weighted by molar-refractivity contribution is -0.143. The number of allylic oxidation sites excluding steroid dienone is 1. The van der Waals surface area contributed by atoms with Gasteiger partial charge in [0.05, 0.1) is 28.3 Å². The number of ether oxygens (including phenoxy) is 2. The van der Waals surface area contributed by atoms with Crippen LogP contribution >= 0.6 is 15.9 Å². The van der Waals surface area contributed by atoms with Gasteiger partial charge in [0.1, 0.15) is 5.75 Å². The summed E-state index contributed by atoms with van der Waals surface area (Å²) in [5.74, 6) is 0.267. The van der Waals surface area contributed by atoms with E-state index in [0.29, 0.717) is 23.4 Å². The Labute approximate surface area is 162 Å². The first-order valence-corrected chi connectivity index (χ1v) is 9.49. The molecule has 0 bridgehead atoms. The van der Waals surface area contributed by atoms with Crippen molar-refractivity contribution in [3.8, 4) is 5.75 Å². The monoisotopic (exact) mass is 424 g/mol. The van der Waals surface area contributed by atoms with Crippen molar-refractivity contribution in [3.63, 3.8) is 0 Å². The summed E-state index contributed by atoms with van der Waals surface area (Å²) in [6.07, 6.45) is 0.307. The number of hydrogen-bond donors (Lipinski definition) is 2. The lowest BCUT2D eigenvalue weighted by Crippen LogP contribution is -2.46. The Hall–Kier alpha value is -2.02. The van der Waals surface area contributed by atoms with Gasteiger partial charge < -0.3 is 20.1 Å². The molecular weight excluding hydrogens is 400 g/mol. The molecule has 7 heteroatoms. The van der Waals surface area contributed by atoms with E-state index in [0.717, 1.165) is 10.0 Å². The van der Waals surface area contributed by atoms with Crippen LogP contribution in [0.4, 0.5) is 4.79 Å². The van der Waals surface area contributed by atoms with Crippen molar-refractivity contribution in [1.82, 2.24) is 10.6 Å². The second-order valence-electron chi connectivity index (χ2n) is 6.59. The molecule has 6 nitrogen and oxygen atoms in total. The maximum absolute atomic E-state index is 12.7. The van der Waals surface area contributed by atoms with Gasteiger partial charge in [-0.1, -0.05) is 13.0 Å². The number of nitrogens with one attached hydrogen (secondary N) is 2. The van der Waals surface area contributed by atoms with Crippen molar-refractivity contribution in [2.45, 2.75) is 59.3 Å². The van der Waals surface area contributed by atoms with Crippen LogP contribution in [-0.2, 0) is 9.53 Å². The Morgan fingerprint density at radius 2 is 1.92 bits per heavy atom. The summed E-state index contributed by atoms with van der Waals surface area (Å²) in [5.41, 5.74) is 1.76. The molecule has 0 spiro atoms. The molecule has 1 aliphatic heterocycles. The molecule has 26 heavy (non-hydrogen) atoms. The summed E-state index contributed by atoms with van der Waals surface area (Å²) >= 11 is 3.50. The van der Waals surface area contributed by atoms with Crippen molar-refractivity contribution < 1.29 is 19.1 Å². The first-order valence-electron chi connectivity index (χ1n) is 8.70. The van der Waals surface area contributed by atoms with E-state index < -0.39 is 12.0 Å². The van der Waals surface area contributed by atoms with E-state index in [-0.39, 0.29) is 18.2 Å². The number of carbonyl (C=O) groups is 2. The minimum Gasteiger partial charge on any atom is -0.490 e. The Bertz CT molecular complexity index is 728. The fourth-order valence-electron chi connectivity index (χ4n) is 2.71. The number of esters is 1. The standard InChI is InChI=1S/C19H25BrN2O4/c1-6-14-16(18(23)26-11(4)5)17(22-19(24)21-14)12-7-8-15(13(20)9-12)25-10(2)3/h7-11,17H,6H2,1-5H3,(H2,21,22,24). The van der Waals surface area contributed by atoms with Crippen LogP contribution in [-0.4, -0.2) is 24.2 Å². The molecule has 1 aromatic rings. The molecule has 0 saturated carbocycles. The van der Waals surface area contributed by atoms with Crippen LogP contribution in [0.1, 0.15) is 52.6 Å². The molecule has 0 radical (unpaired) electrons. The number of benzene rings is 1. The zero-order valence-electron chi connectivity index (χ0n) is 15.7. The highest BCUT2D eigenvalue weighted by molar-refractivity contribution is 9.10. The fraction of sp³-hybridized carbons (Fsp3) is 0.474. The largest absolute Gasteiger partial charge is 0.490 e. The molecule has 1 unspecified atom stereocenters. The predicted octanol–water partition coefficient (Wildman–Crippen LogP) is 4.21. The average Bonchev–Trinajstić information content (AvgIpc) is 2.54. The minimum atomic E-state index is -0.589. The Balaban J connectivity index is 2.45. The minimum absolute atomic E-state index is 0.0407. The van der Waals surface area contributed by atoms with E-state index in [9.17, 15) is 9.59 Å². The van der Waals surface area contributed by atoms with Crippen LogP contribution in [0.15, 0.2) is 33.9 Å². The average molecular weight is 425 g/mol. The maximum Gasteiger partial charge on any atom is 0.338 e. The molecule has 1 heterocycles. The van der Waals surface area contributed by atoms with E-state index >= 15 is 0 Å². The summed E-state index contributed by atoms with van der Waals surface area (Å²) in [5, 5.41) is 5.53. The first-order chi connectivity index (χ1) is 12.2. The van der Waals surface area contributed by atoms with Crippen molar-refractivity contribution in [1.29, 1.82) is 0 Å². The molecule has 2 N–H and O–H groups in total. The molecule has 0 fully saturated rings. The molecule has 2 rings (SSSR count). The highest BCUT2D eigenvalue weighted by Crippen LogP contribution is 2.34. The molecule has 1 atom stereocenters. The van der Waals surface area contributed by atoms with Gasteiger partial charge in [0.2, 0.25) is 0 Å². The van der Waals surface area contributed by atoms with Crippen molar-refractivity contribution in [2.75, 3.05) is 0 Å². The number of carbonyl (C=O) groups excluding carboxylic acids is 2. The third-order valence-corrected chi connectivity index (χ3v) is 4.34. The number of urea groups is 1. The second-order valence-corrected chi connectivity index (χ2v) is 7.44. The molecule has 1 aromatic carbocycles. The van der Waals surface area contributed by atoms with Crippen molar-refractivity contribution in [3.05, 3.63) is 39.5 Å². The van der Waals surface area contributed by atoms with Crippen LogP contribution in [0, 0.1) is 0 Å². The SMILES string of the molecule is CCC1=C(C(=O)OC(C)C)C(c2ccc(OC(C)C)c(Br)c2)NC(=O)N1. The molecule has 0 aliphatic carbocycles. The molecule has 1 aliphatic rings. The second kappa shape index (κ2) is 8.58.